The van der Waals surface area contributed by atoms with Gasteiger partial charge in [0.25, 0.3) is 0 Å². The zero-order valence-electron chi connectivity index (χ0n) is 51.9. The number of hydrogen-bond acceptors (Lipinski definition) is 22. The van der Waals surface area contributed by atoms with E-state index in [1.54, 1.807) is 79.7 Å². The van der Waals surface area contributed by atoms with Gasteiger partial charge in [0.05, 0.1) is 78.1 Å². The number of fused-ring (bicyclic) bond motifs is 5. The summed E-state index contributed by atoms with van der Waals surface area (Å²) < 4.78 is 101. The summed E-state index contributed by atoms with van der Waals surface area (Å²) in [7, 11) is 8.13. The average molecular weight is 1210 g/mol. The van der Waals surface area contributed by atoms with Gasteiger partial charge in [-0.05, 0) is 111 Å². The van der Waals surface area contributed by atoms with Crippen LogP contribution >= 0.6 is 0 Å². The van der Waals surface area contributed by atoms with Crippen LogP contribution in [0.3, 0.4) is 0 Å². The van der Waals surface area contributed by atoms with E-state index < -0.39 is 168 Å². The number of hydrogen-bond donors (Lipinski definition) is 4. The highest BCUT2D eigenvalue weighted by Crippen LogP contribution is 2.71. The smallest absolute Gasteiger partial charge is 0.338 e. The average Bonchev–Trinajstić information content (AvgIpc) is 1.61. The molecule has 0 spiro atoms. The van der Waals surface area contributed by atoms with Crippen molar-refractivity contribution < 1.29 is 106 Å². The van der Waals surface area contributed by atoms with Crippen molar-refractivity contribution in [1.29, 1.82) is 0 Å². The molecule has 0 bridgehead atoms. The second-order valence-electron chi connectivity index (χ2n) is 26.1. The monoisotopic (exact) mass is 1200 g/mol. The summed E-state index contributed by atoms with van der Waals surface area (Å²) in [5, 5.41) is 48.7. The molecule has 22 nitrogen and oxygen atoms in total. The van der Waals surface area contributed by atoms with Crippen LogP contribution in [0.4, 0.5) is 0 Å². The maximum Gasteiger partial charge on any atom is 0.338 e. The van der Waals surface area contributed by atoms with Crippen molar-refractivity contribution >= 4 is 11.8 Å². The Kier molecular flexibility index (Phi) is 19.9. The minimum atomic E-state index is -2.05. The summed E-state index contributed by atoms with van der Waals surface area (Å²) in [5.41, 5.74) is -6.73. The number of Topliss-reactive ketones (excluding diaryl/α,β-unsaturated/α-hetero) is 1. The molecule has 5 saturated heterocycles. The molecule has 28 atom stereocenters. The third-order valence-corrected chi connectivity index (χ3v) is 21.6. The van der Waals surface area contributed by atoms with Gasteiger partial charge in [0.2, 0.25) is 0 Å². The molecule has 1 aromatic rings. The number of ether oxygens (including phenoxy) is 16. The van der Waals surface area contributed by atoms with E-state index in [4.69, 9.17) is 75.8 Å². The Morgan fingerprint density at radius 1 is 0.553 bits per heavy atom. The molecule has 4 aliphatic carbocycles. The van der Waals surface area contributed by atoms with E-state index in [-0.39, 0.29) is 37.9 Å². The van der Waals surface area contributed by atoms with Crippen LogP contribution < -0.4 is 0 Å². The predicted molar refractivity (Wildman–Crippen MR) is 300 cm³/mol. The molecule has 0 amide bonds. The lowest BCUT2D eigenvalue weighted by molar-refractivity contribution is -0.352. The third-order valence-electron chi connectivity index (χ3n) is 21.6. The molecule has 5 aliphatic heterocycles. The highest BCUT2D eigenvalue weighted by Gasteiger charge is 2.81. The lowest BCUT2D eigenvalue weighted by Crippen LogP contribution is -2.78. The SMILES string of the molecule is COC1CC(OC2C(C)OC(OC3C(C)OC(OC4C(C)OC(OC5C(C)OC(OC6CCC7(C)C(=CCC8(O)C7CC(OC(=O)c7ccccc7)C7(C)C(O)(C(C)=O)CCC87O)C6)CC5OC)CC4OC)CC3OC)CC2OC)OC(C)C1O. The predicted octanol–water partition coefficient (Wildman–Crippen LogP) is 5.37. The maximum atomic E-state index is 13.8. The summed E-state index contributed by atoms with van der Waals surface area (Å²) in [4.78, 5) is 27.1. The van der Waals surface area contributed by atoms with Crippen LogP contribution in [0.5, 0.6) is 0 Å². The Morgan fingerprint density at radius 3 is 1.41 bits per heavy atom. The molecule has 480 valence electrons. The molecule has 0 aromatic heterocycles. The number of aliphatic hydroxyl groups excluding tert-OH is 1. The summed E-state index contributed by atoms with van der Waals surface area (Å²) >= 11 is 0. The summed E-state index contributed by atoms with van der Waals surface area (Å²) in [6.45, 7) is 14.5. The highest BCUT2D eigenvalue weighted by molar-refractivity contribution is 5.90. The molecule has 5 heterocycles. The topological polar surface area (TPSA) is 263 Å². The number of benzene rings is 1. The van der Waals surface area contributed by atoms with E-state index >= 15 is 0 Å². The zero-order chi connectivity index (χ0) is 61.1. The molecule has 28 unspecified atom stereocenters. The molecule has 9 aliphatic rings. The fourth-order valence-electron chi connectivity index (χ4n) is 16.5. The van der Waals surface area contributed by atoms with Crippen molar-refractivity contribution in [2.45, 2.75) is 284 Å². The van der Waals surface area contributed by atoms with Crippen LogP contribution in [0.1, 0.15) is 143 Å². The van der Waals surface area contributed by atoms with Gasteiger partial charge in [0.1, 0.15) is 53.4 Å². The van der Waals surface area contributed by atoms with Gasteiger partial charge in [-0.1, -0.05) is 36.8 Å². The number of methoxy groups -OCH3 is 5. The second kappa shape index (κ2) is 25.9. The van der Waals surface area contributed by atoms with Crippen LogP contribution in [0.15, 0.2) is 42.0 Å². The molecular weight excluding hydrogens is 1110 g/mol. The minimum absolute atomic E-state index is 0.0489. The van der Waals surface area contributed by atoms with Crippen LogP contribution in [-0.2, 0) is 80.6 Å². The van der Waals surface area contributed by atoms with E-state index in [1.807, 2.05) is 33.8 Å². The summed E-state index contributed by atoms with van der Waals surface area (Å²) in [6, 6.07) is 8.52. The largest absolute Gasteiger partial charge is 0.458 e. The van der Waals surface area contributed by atoms with Crippen LogP contribution in [-0.4, -0.2) is 220 Å². The zero-order valence-corrected chi connectivity index (χ0v) is 51.9. The van der Waals surface area contributed by atoms with Gasteiger partial charge in [-0.3, -0.25) is 4.79 Å². The first-order chi connectivity index (χ1) is 40.4. The van der Waals surface area contributed by atoms with Crippen molar-refractivity contribution in [3.63, 3.8) is 0 Å². The Morgan fingerprint density at radius 2 is 0.976 bits per heavy atom. The van der Waals surface area contributed by atoms with E-state index in [0.717, 1.165) is 5.57 Å². The van der Waals surface area contributed by atoms with Gasteiger partial charge < -0.3 is 96.2 Å². The van der Waals surface area contributed by atoms with Crippen LogP contribution in [0.25, 0.3) is 0 Å². The van der Waals surface area contributed by atoms with Gasteiger partial charge in [0.15, 0.2) is 37.2 Å². The van der Waals surface area contributed by atoms with Crippen LogP contribution in [0, 0.1) is 16.7 Å². The second-order valence-corrected chi connectivity index (χ2v) is 26.1. The first-order valence-corrected chi connectivity index (χ1v) is 30.9. The first-order valence-electron chi connectivity index (χ1n) is 30.9. The molecule has 1 aromatic carbocycles. The van der Waals surface area contributed by atoms with E-state index in [9.17, 15) is 30.0 Å². The number of esters is 1. The Hall–Kier alpha value is -2.66. The molecule has 10 rings (SSSR count). The normalized spacial score (nSPS) is 49.2. The van der Waals surface area contributed by atoms with Gasteiger partial charge in [-0.25, -0.2) is 4.79 Å². The molecule has 0 radical (unpaired) electrons. The fraction of sp³-hybridized carbons (Fsp3) is 0.841. The fourth-order valence-corrected chi connectivity index (χ4v) is 16.5. The van der Waals surface area contributed by atoms with Crippen molar-refractivity contribution in [1.82, 2.24) is 0 Å². The number of aliphatic hydroxyl groups is 4. The van der Waals surface area contributed by atoms with Crippen LogP contribution in [0.2, 0.25) is 0 Å². The maximum absolute atomic E-state index is 13.8. The molecule has 4 N–H and O–H groups in total. The summed E-state index contributed by atoms with van der Waals surface area (Å²) in [6.07, 6.45) is -5.99. The standard InChI is InChI=1S/C63H96O22/c1-32-53(65)41(70-9)26-49(75-32)82-55-34(3)77-51(28-43(55)72-11)84-57-36(5)79-52(30-45(57)74-13)85-56-35(4)78-50(29-44(56)73-12)83-54-33(2)76-48(27-42(54)71-10)80-40-20-21-59(7)39(25-40)19-22-62(68)46(59)31-47(81-58(66)38-17-15-14-16-18-38)60(8)61(67,37(6)64)23-24-63(60,62)69/h14-19,32-36,40-57,65,67-69H,20-31H2,1-13H3. The number of carbonyl (C=O) groups excluding carboxylic acids is 2. The van der Waals surface area contributed by atoms with Gasteiger partial charge in [-0.2, -0.15) is 0 Å². The molecule has 8 fully saturated rings. The quantitative estimate of drug-likeness (QED) is 0.106. The lowest BCUT2D eigenvalue weighted by Gasteiger charge is -2.67. The number of rotatable bonds is 18. The minimum Gasteiger partial charge on any atom is -0.458 e. The number of ketones is 1. The highest BCUT2D eigenvalue weighted by atomic mass is 16.8. The van der Waals surface area contributed by atoms with E-state index in [0.29, 0.717) is 56.9 Å². The summed E-state index contributed by atoms with van der Waals surface area (Å²) in [5.74, 6) is -1.76. The number of carbonyl (C=O) groups is 2. The first kappa shape index (κ1) is 65.3. The Balaban J connectivity index is 0.723. The molecule has 22 heteroatoms. The van der Waals surface area contributed by atoms with Gasteiger partial charge >= 0.3 is 5.97 Å². The Bertz CT molecular complexity index is 2470. The Labute approximate surface area is 500 Å². The molecular formula is C63H96O22. The van der Waals surface area contributed by atoms with Crippen molar-refractivity contribution in [2.24, 2.45) is 16.7 Å². The van der Waals surface area contributed by atoms with E-state index in [1.165, 1.54) is 6.92 Å². The lowest BCUT2D eigenvalue weighted by atomic mass is 9.42. The van der Waals surface area contributed by atoms with Gasteiger partial charge in [0, 0.05) is 73.6 Å². The third kappa shape index (κ3) is 11.9. The van der Waals surface area contributed by atoms with Crippen molar-refractivity contribution in [3.8, 4) is 0 Å². The van der Waals surface area contributed by atoms with Gasteiger partial charge in [-0.15, -0.1) is 0 Å². The van der Waals surface area contributed by atoms with E-state index in [2.05, 4.69) is 6.92 Å². The van der Waals surface area contributed by atoms with Crippen molar-refractivity contribution in [2.75, 3.05) is 35.5 Å². The molecule has 3 saturated carbocycles. The molecule has 85 heavy (non-hydrogen) atoms. The van der Waals surface area contributed by atoms with Crippen molar-refractivity contribution in [3.05, 3.63) is 47.5 Å².